The molecule has 0 radical (unpaired) electrons. The molecule has 11 heteroatoms. The number of amides is 2. The van der Waals surface area contributed by atoms with Gasteiger partial charge in [0, 0.05) is 38.8 Å². The molecule has 6 rings (SSSR count). The van der Waals surface area contributed by atoms with Crippen LogP contribution in [-0.4, -0.2) is 28.5 Å². The highest BCUT2D eigenvalue weighted by Gasteiger charge is 2.29. The Balaban J connectivity index is 1.08. The Morgan fingerprint density at radius 1 is 0.864 bits per heavy atom. The number of nitro benzene ring substituents is 1. The summed E-state index contributed by atoms with van der Waals surface area (Å²) >= 11 is 4.47. The number of nitro groups is 1. The van der Waals surface area contributed by atoms with Crippen LogP contribution in [0, 0.1) is 10.1 Å². The zero-order valence-corrected chi connectivity index (χ0v) is 25.3. The van der Waals surface area contributed by atoms with E-state index in [-0.39, 0.29) is 23.8 Å². The fraction of sp³-hybridized carbons (Fsp3) is 0.0606. The van der Waals surface area contributed by atoms with E-state index >= 15 is 0 Å². The number of ether oxygens (including phenoxy) is 1. The largest absolute Gasteiger partial charge is 0.448 e. The lowest BCUT2D eigenvalue weighted by molar-refractivity contribution is -0.387. The average Bonchev–Trinajstić information content (AvgIpc) is 3.34. The van der Waals surface area contributed by atoms with E-state index < -0.39 is 16.9 Å². The monoisotopic (exact) mass is 666 g/mol. The molecule has 0 bridgehead atoms. The number of nitrogens with one attached hydrogen (secondary N) is 2. The topological polar surface area (TPSA) is 123 Å². The van der Waals surface area contributed by atoms with Crippen LogP contribution in [0.3, 0.4) is 0 Å². The van der Waals surface area contributed by atoms with E-state index in [1.807, 2.05) is 24.3 Å². The van der Waals surface area contributed by atoms with Crippen molar-refractivity contribution in [1.82, 2.24) is 4.98 Å². The Morgan fingerprint density at radius 3 is 2.20 bits per heavy atom. The van der Waals surface area contributed by atoms with Crippen molar-refractivity contribution in [2.45, 2.75) is 15.7 Å². The van der Waals surface area contributed by atoms with Gasteiger partial charge in [-0.3, -0.25) is 25.2 Å². The van der Waals surface area contributed by atoms with Crippen LogP contribution < -0.4 is 10.6 Å². The van der Waals surface area contributed by atoms with Gasteiger partial charge in [-0.15, -0.1) is 0 Å². The molecule has 0 atom stereocenters. The number of nitrogens with zero attached hydrogens (tertiary/aromatic N) is 2. The van der Waals surface area contributed by atoms with E-state index in [1.165, 1.54) is 30.1 Å². The molecule has 2 N–H and O–H groups in total. The van der Waals surface area contributed by atoms with Gasteiger partial charge in [-0.25, -0.2) is 4.79 Å². The first-order valence-electron chi connectivity index (χ1n) is 13.5. The fourth-order valence-corrected chi connectivity index (χ4v) is 6.32. The van der Waals surface area contributed by atoms with Gasteiger partial charge in [0.25, 0.3) is 11.6 Å². The Morgan fingerprint density at radius 2 is 1.55 bits per heavy atom. The second-order valence-electron chi connectivity index (χ2n) is 9.86. The van der Waals surface area contributed by atoms with Crippen LogP contribution in [0.4, 0.5) is 21.9 Å². The highest BCUT2D eigenvalue weighted by atomic mass is 79.9. The lowest BCUT2D eigenvalue weighted by atomic mass is 9.98. The third kappa shape index (κ3) is 6.34. The summed E-state index contributed by atoms with van der Waals surface area (Å²) in [5, 5.41) is 17.3. The molecule has 1 aliphatic carbocycles. The minimum Gasteiger partial charge on any atom is -0.448 e. The molecule has 1 aromatic heterocycles. The van der Waals surface area contributed by atoms with Crippen molar-refractivity contribution in [2.24, 2.45) is 0 Å². The van der Waals surface area contributed by atoms with Crippen LogP contribution >= 0.6 is 27.7 Å². The second-order valence-corrected chi connectivity index (χ2v) is 11.9. The number of carbonyl (C=O) groups excluding carboxylic acids is 2. The number of benzene rings is 4. The zero-order valence-electron chi connectivity index (χ0n) is 22.9. The summed E-state index contributed by atoms with van der Waals surface area (Å²) in [5.41, 5.74) is 5.50. The highest BCUT2D eigenvalue weighted by Crippen LogP contribution is 2.44. The second kappa shape index (κ2) is 12.7. The van der Waals surface area contributed by atoms with Gasteiger partial charge in [0.15, 0.2) is 0 Å². The van der Waals surface area contributed by atoms with Crippen molar-refractivity contribution in [2.75, 3.05) is 17.2 Å². The summed E-state index contributed by atoms with van der Waals surface area (Å²) in [6.07, 6.45) is 2.49. The lowest BCUT2D eigenvalue weighted by Crippen LogP contribution is -2.17. The molecule has 0 aliphatic heterocycles. The Labute approximate surface area is 265 Å². The van der Waals surface area contributed by atoms with Gasteiger partial charge in [0.2, 0.25) is 0 Å². The summed E-state index contributed by atoms with van der Waals surface area (Å²) in [6, 6.07) is 29.1. The maximum absolute atomic E-state index is 12.7. The molecule has 4 aromatic carbocycles. The number of halogens is 1. The first-order valence-corrected chi connectivity index (χ1v) is 15.1. The number of rotatable bonds is 8. The minimum absolute atomic E-state index is 0.0438. The van der Waals surface area contributed by atoms with Crippen molar-refractivity contribution in [3.8, 4) is 11.1 Å². The Bertz CT molecular complexity index is 1850. The van der Waals surface area contributed by atoms with Crippen LogP contribution in [0.15, 0.2) is 124 Å². The van der Waals surface area contributed by atoms with Crippen LogP contribution in [0.2, 0.25) is 0 Å². The zero-order chi connectivity index (χ0) is 30.6. The maximum Gasteiger partial charge on any atom is 0.411 e. The number of carbonyl (C=O) groups is 2. The molecule has 0 fully saturated rings. The van der Waals surface area contributed by atoms with Crippen LogP contribution in [0.1, 0.15) is 27.4 Å². The van der Waals surface area contributed by atoms with Crippen molar-refractivity contribution in [3.05, 3.63) is 141 Å². The number of anilines is 2. The smallest absolute Gasteiger partial charge is 0.411 e. The molecule has 0 saturated heterocycles. The number of pyridine rings is 1. The van der Waals surface area contributed by atoms with E-state index in [2.05, 4.69) is 55.8 Å². The maximum atomic E-state index is 12.7. The van der Waals surface area contributed by atoms with E-state index in [9.17, 15) is 19.7 Å². The number of hydrogen-bond acceptors (Lipinski definition) is 7. The van der Waals surface area contributed by atoms with Crippen molar-refractivity contribution in [1.29, 1.82) is 0 Å². The molecule has 0 unspecified atom stereocenters. The molecule has 9 nitrogen and oxygen atoms in total. The predicted octanol–water partition coefficient (Wildman–Crippen LogP) is 8.52. The van der Waals surface area contributed by atoms with Gasteiger partial charge in [-0.1, -0.05) is 60.3 Å². The number of fused-ring (bicyclic) bond motifs is 3. The molecule has 0 spiro atoms. The first kappa shape index (κ1) is 29.1. The van der Waals surface area contributed by atoms with E-state index in [0.29, 0.717) is 25.6 Å². The van der Waals surface area contributed by atoms with Gasteiger partial charge in [-0.2, -0.15) is 0 Å². The summed E-state index contributed by atoms with van der Waals surface area (Å²) < 4.78 is 6.30. The summed E-state index contributed by atoms with van der Waals surface area (Å²) in [6.45, 7) is 0.200. The summed E-state index contributed by atoms with van der Waals surface area (Å²) in [5.74, 6) is -0.536. The summed E-state index contributed by atoms with van der Waals surface area (Å²) in [7, 11) is 0. The van der Waals surface area contributed by atoms with Crippen molar-refractivity contribution < 1.29 is 19.2 Å². The minimum atomic E-state index is -0.574. The number of hydrogen-bond donors (Lipinski definition) is 2. The molecule has 0 saturated carbocycles. The fourth-order valence-electron chi connectivity index (χ4n) is 5.06. The molecule has 1 heterocycles. The SMILES string of the molecule is O=C(Nc1ccc(Sc2ccc(C(=O)Nc3cncc(Br)c3)cc2[N+](=O)[O-])cc1)OCC1c2ccccc2-c2ccccc21. The first-order chi connectivity index (χ1) is 21.4. The summed E-state index contributed by atoms with van der Waals surface area (Å²) in [4.78, 5) is 41.7. The lowest BCUT2D eigenvalue weighted by Gasteiger charge is -2.14. The molecule has 1 aliphatic rings. The van der Waals surface area contributed by atoms with Gasteiger partial charge in [-0.05, 0) is 80.6 Å². The van der Waals surface area contributed by atoms with Gasteiger partial charge >= 0.3 is 6.09 Å². The van der Waals surface area contributed by atoms with Gasteiger partial charge in [0.05, 0.1) is 21.7 Å². The average molecular weight is 668 g/mol. The molecular weight excluding hydrogens is 644 g/mol. The van der Waals surface area contributed by atoms with Crippen LogP contribution in [0.25, 0.3) is 11.1 Å². The van der Waals surface area contributed by atoms with Crippen LogP contribution in [0.5, 0.6) is 0 Å². The van der Waals surface area contributed by atoms with E-state index in [4.69, 9.17) is 4.74 Å². The van der Waals surface area contributed by atoms with E-state index in [1.54, 1.807) is 42.6 Å². The Hall–Kier alpha value is -5.00. The predicted molar refractivity (Wildman–Crippen MR) is 172 cm³/mol. The van der Waals surface area contributed by atoms with Gasteiger partial charge in [0.1, 0.15) is 6.61 Å². The third-order valence-electron chi connectivity index (χ3n) is 7.05. The highest BCUT2D eigenvalue weighted by molar-refractivity contribution is 9.10. The normalized spacial score (nSPS) is 11.8. The number of aromatic nitrogens is 1. The van der Waals surface area contributed by atoms with Gasteiger partial charge < -0.3 is 10.1 Å². The third-order valence-corrected chi connectivity index (χ3v) is 8.56. The van der Waals surface area contributed by atoms with Crippen molar-refractivity contribution in [3.63, 3.8) is 0 Å². The Kier molecular flexibility index (Phi) is 8.40. The molecule has 44 heavy (non-hydrogen) atoms. The van der Waals surface area contributed by atoms with Crippen molar-refractivity contribution >= 4 is 56.8 Å². The van der Waals surface area contributed by atoms with Crippen LogP contribution in [-0.2, 0) is 4.74 Å². The quantitative estimate of drug-likeness (QED) is 0.126. The molecular formula is C33H23BrN4O5S. The standard InChI is InChI=1S/C33H23BrN4O5S/c34-21-16-23(18-35-17-21)36-32(39)20-9-14-31(30(15-20)38(41)42)44-24-12-10-22(11-13-24)37-33(40)43-19-29-27-7-3-1-5-25(27)26-6-2-4-8-28(26)29/h1-18,29H,19H2,(H,36,39)(H,37,40). The molecule has 5 aromatic rings. The van der Waals surface area contributed by atoms with E-state index in [0.717, 1.165) is 22.3 Å². The molecule has 2 amide bonds. The molecule has 218 valence electrons.